The van der Waals surface area contributed by atoms with E-state index in [1.807, 2.05) is 0 Å². The van der Waals surface area contributed by atoms with Gasteiger partial charge in [0.05, 0.1) is 10.9 Å². The van der Waals surface area contributed by atoms with Crippen molar-refractivity contribution in [2.45, 2.75) is 43.4 Å². The molecule has 0 radical (unpaired) electrons. The quantitative estimate of drug-likeness (QED) is 0.382. The van der Waals surface area contributed by atoms with E-state index < -0.39 is 37.7 Å². The van der Waals surface area contributed by atoms with Gasteiger partial charge in [0.25, 0.3) is 0 Å². The van der Waals surface area contributed by atoms with Gasteiger partial charge in [-0.05, 0) is 31.4 Å². The van der Waals surface area contributed by atoms with Crippen LogP contribution >= 0.6 is 15.9 Å². The lowest BCUT2D eigenvalue weighted by molar-refractivity contribution is -0.188. The summed E-state index contributed by atoms with van der Waals surface area (Å²) in [5.74, 6) is -3.17. The average Bonchev–Trinajstić information content (AvgIpc) is 2.66. The van der Waals surface area contributed by atoms with Crippen molar-refractivity contribution >= 4 is 36.5 Å². The minimum atomic E-state index is -5.15. The molecule has 1 rings (SSSR count). The van der Waals surface area contributed by atoms with Gasteiger partial charge in [-0.2, -0.15) is 13.2 Å². The van der Waals surface area contributed by atoms with Crippen LogP contribution in [0.2, 0.25) is 6.04 Å². The lowest BCUT2D eigenvalue weighted by Crippen LogP contribution is -2.49. The highest BCUT2D eigenvalue weighted by Crippen LogP contribution is 2.26. The van der Waals surface area contributed by atoms with E-state index in [9.17, 15) is 22.8 Å². The number of rotatable bonds is 9. The van der Waals surface area contributed by atoms with E-state index in [1.165, 1.54) is 35.2 Å². The Morgan fingerprint density at radius 3 is 1.79 bits per heavy atom. The number of aryl methyl sites for hydroxylation is 1. The van der Waals surface area contributed by atoms with Gasteiger partial charge in [-0.15, -0.1) is 0 Å². The van der Waals surface area contributed by atoms with Crippen molar-refractivity contribution in [1.29, 1.82) is 0 Å². The minimum Gasteiger partial charge on any atom is -0.377 e. The molecule has 11 heteroatoms. The van der Waals surface area contributed by atoms with Gasteiger partial charge in [0.1, 0.15) is 0 Å². The van der Waals surface area contributed by atoms with Crippen molar-refractivity contribution in [2.24, 2.45) is 0 Å². The highest BCUT2D eigenvalue weighted by atomic mass is 79.9. The summed E-state index contributed by atoms with van der Waals surface area (Å²) < 4.78 is 53.6. The van der Waals surface area contributed by atoms with Gasteiger partial charge in [0.15, 0.2) is 0 Å². The molecule has 6 nitrogen and oxygen atoms in total. The fourth-order valence-electron chi connectivity index (χ4n) is 2.56. The zero-order chi connectivity index (χ0) is 22.5. The van der Waals surface area contributed by atoms with E-state index in [-0.39, 0.29) is 4.90 Å². The third kappa shape index (κ3) is 7.17. The molecular formula is C18H25BrF3NO5Si. The first-order valence-corrected chi connectivity index (χ1v) is 11.4. The molecule has 29 heavy (non-hydrogen) atoms. The van der Waals surface area contributed by atoms with E-state index in [1.54, 1.807) is 24.3 Å². The van der Waals surface area contributed by atoms with E-state index in [4.69, 9.17) is 13.3 Å². The number of benzene rings is 1. The second-order valence-corrected chi connectivity index (χ2v) is 11.9. The van der Waals surface area contributed by atoms with Gasteiger partial charge in [-0.1, -0.05) is 40.2 Å². The predicted octanol–water partition coefficient (Wildman–Crippen LogP) is 3.70. The Morgan fingerprint density at radius 2 is 1.41 bits per heavy atom. The summed E-state index contributed by atoms with van der Waals surface area (Å²) in [4.78, 5) is 24.3. The molecule has 0 unspecified atom stereocenters. The highest BCUT2D eigenvalue weighted by molar-refractivity contribution is 9.10. The van der Waals surface area contributed by atoms with Crippen LogP contribution in [0.3, 0.4) is 0 Å². The summed E-state index contributed by atoms with van der Waals surface area (Å²) in [6.07, 6.45) is -4.58. The van der Waals surface area contributed by atoms with Crippen LogP contribution in [0.1, 0.15) is 25.0 Å². The number of carbonyl (C=O) groups is 2. The Bertz CT molecular complexity index is 669. The summed E-state index contributed by atoms with van der Waals surface area (Å²) in [6, 6.07) is 7.11. The van der Waals surface area contributed by atoms with Gasteiger partial charge in [-0.3, -0.25) is 14.5 Å². The number of carbonyl (C=O) groups excluding carboxylic acids is 2. The molecule has 0 aliphatic rings. The van der Waals surface area contributed by atoms with Gasteiger partial charge >= 0.3 is 20.9 Å². The maximum atomic E-state index is 12.9. The Balaban J connectivity index is 2.97. The number of alkyl halides is 4. The molecule has 2 amide bonds. The molecule has 1 aromatic rings. The van der Waals surface area contributed by atoms with Crippen LogP contribution in [0.5, 0.6) is 0 Å². The van der Waals surface area contributed by atoms with Crippen LogP contribution < -0.4 is 0 Å². The van der Waals surface area contributed by atoms with Gasteiger partial charge < -0.3 is 13.3 Å². The molecule has 0 aliphatic carbocycles. The molecule has 0 fully saturated rings. The second-order valence-electron chi connectivity index (χ2n) is 6.78. The van der Waals surface area contributed by atoms with E-state index in [0.717, 1.165) is 5.56 Å². The molecule has 0 atom stereocenters. The molecule has 0 aromatic heterocycles. The maximum Gasteiger partial charge on any atom is 0.500 e. The van der Waals surface area contributed by atoms with Crippen LogP contribution in [-0.4, -0.2) is 57.3 Å². The highest BCUT2D eigenvalue weighted by Gasteiger charge is 2.47. The zero-order valence-corrected chi connectivity index (χ0v) is 19.5. The first-order valence-electron chi connectivity index (χ1n) is 8.65. The summed E-state index contributed by atoms with van der Waals surface area (Å²) >= 11 is 3.02. The SMILES string of the molecule is CO[Si](CCc1ccc(CN(C(=O)C(F)(F)F)C(=O)C(C)(C)Br)cc1)(OC)OC. The van der Waals surface area contributed by atoms with Crippen LogP contribution in [0, 0.1) is 0 Å². The monoisotopic (exact) mass is 499 g/mol. The third-order valence-corrected chi connectivity index (χ3v) is 7.33. The van der Waals surface area contributed by atoms with Gasteiger partial charge in [-0.25, -0.2) is 0 Å². The van der Waals surface area contributed by atoms with E-state index in [0.29, 0.717) is 18.0 Å². The van der Waals surface area contributed by atoms with Crippen LogP contribution in [0.15, 0.2) is 24.3 Å². The van der Waals surface area contributed by atoms with Crippen LogP contribution in [0.25, 0.3) is 0 Å². The Morgan fingerprint density at radius 1 is 0.966 bits per heavy atom. The molecule has 0 N–H and O–H groups in total. The zero-order valence-electron chi connectivity index (χ0n) is 16.9. The van der Waals surface area contributed by atoms with E-state index >= 15 is 0 Å². The van der Waals surface area contributed by atoms with Crippen LogP contribution in [-0.2, 0) is 35.8 Å². The number of hydrogen-bond donors (Lipinski definition) is 0. The average molecular weight is 500 g/mol. The first-order chi connectivity index (χ1) is 13.3. The predicted molar refractivity (Wildman–Crippen MR) is 106 cm³/mol. The maximum absolute atomic E-state index is 12.9. The fourth-order valence-corrected chi connectivity index (χ4v) is 4.48. The normalized spacial score (nSPS) is 12.7. The molecule has 0 spiro atoms. The summed E-state index contributed by atoms with van der Waals surface area (Å²) in [5.41, 5.74) is 1.28. The Kier molecular flexibility index (Phi) is 9.03. The molecular weight excluding hydrogens is 475 g/mol. The summed E-state index contributed by atoms with van der Waals surface area (Å²) in [7, 11) is 1.79. The van der Waals surface area contributed by atoms with Gasteiger partial charge in [0.2, 0.25) is 5.91 Å². The summed E-state index contributed by atoms with van der Waals surface area (Å²) in [6.45, 7) is 2.28. The molecule has 164 valence electrons. The number of amides is 2. The smallest absolute Gasteiger partial charge is 0.377 e. The molecule has 1 aromatic carbocycles. The molecule has 0 aliphatic heterocycles. The van der Waals surface area contributed by atoms with Gasteiger partial charge in [0, 0.05) is 27.4 Å². The molecule has 0 saturated carbocycles. The van der Waals surface area contributed by atoms with Crippen molar-refractivity contribution in [2.75, 3.05) is 21.3 Å². The Labute approximate surface area is 177 Å². The van der Waals surface area contributed by atoms with Crippen molar-refractivity contribution in [3.05, 3.63) is 35.4 Å². The molecule has 0 saturated heterocycles. The lowest BCUT2D eigenvalue weighted by atomic mass is 10.1. The van der Waals surface area contributed by atoms with Crippen molar-refractivity contribution in [3.63, 3.8) is 0 Å². The fraction of sp³-hybridized carbons (Fsp3) is 0.556. The Hall–Kier alpha value is -1.27. The number of imide groups is 1. The first kappa shape index (κ1) is 25.8. The topological polar surface area (TPSA) is 65.1 Å². The van der Waals surface area contributed by atoms with E-state index in [2.05, 4.69) is 15.9 Å². The van der Waals surface area contributed by atoms with Crippen molar-refractivity contribution < 1.29 is 36.0 Å². The lowest BCUT2D eigenvalue weighted by Gasteiger charge is -2.27. The second kappa shape index (κ2) is 10.2. The number of hydrogen-bond acceptors (Lipinski definition) is 5. The minimum absolute atomic E-state index is 0.211. The van der Waals surface area contributed by atoms with Crippen molar-refractivity contribution in [1.82, 2.24) is 4.90 Å². The van der Waals surface area contributed by atoms with Crippen molar-refractivity contribution in [3.8, 4) is 0 Å². The molecule has 0 bridgehead atoms. The molecule has 0 heterocycles. The third-order valence-electron chi connectivity index (χ3n) is 4.26. The number of nitrogens with zero attached hydrogens (tertiary/aromatic N) is 1. The summed E-state index contributed by atoms with van der Waals surface area (Å²) in [5, 5.41) is 0. The number of halogens is 4. The largest absolute Gasteiger partial charge is 0.500 e. The standard InChI is InChI=1S/C18H25BrF3NO5Si/c1-17(2,19)15(24)23(16(25)18(20,21)22)12-14-8-6-13(7-9-14)10-11-29(26-3,27-4)28-5/h6-9H,10-12H2,1-5H3. The van der Waals surface area contributed by atoms with Crippen LogP contribution in [0.4, 0.5) is 13.2 Å².